The molecule has 6 heteroatoms. The number of nitrogens with zero attached hydrogens (tertiary/aromatic N) is 4. The largest absolute Gasteiger partial charge is 0.441 e. The number of oxazole rings is 1. The van der Waals surface area contributed by atoms with Gasteiger partial charge in [0, 0.05) is 50.0 Å². The first-order valence-corrected chi connectivity index (χ1v) is 12.4. The number of anilines is 1. The predicted molar refractivity (Wildman–Crippen MR) is 140 cm³/mol. The number of aromatic nitrogens is 2. The molecule has 0 aliphatic carbocycles. The number of hydrogen-bond acceptors (Lipinski definition) is 5. The van der Waals surface area contributed by atoms with E-state index in [1.165, 1.54) is 16.5 Å². The smallest absolute Gasteiger partial charge is 0.223 e. The molecule has 0 unspecified atom stereocenters. The van der Waals surface area contributed by atoms with E-state index in [1.807, 2.05) is 17.0 Å². The van der Waals surface area contributed by atoms with Crippen LogP contribution in [0.4, 0.5) is 5.82 Å². The molecule has 1 aliphatic rings. The fourth-order valence-corrected chi connectivity index (χ4v) is 4.64. The quantitative estimate of drug-likeness (QED) is 0.368. The van der Waals surface area contributed by atoms with Crippen LogP contribution in [0.5, 0.6) is 0 Å². The number of carbonyl (C=O) groups is 1. The molecule has 5 rings (SSSR count). The summed E-state index contributed by atoms with van der Waals surface area (Å²) in [7, 11) is 0. The van der Waals surface area contributed by atoms with E-state index in [0.29, 0.717) is 37.7 Å². The Bertz CT molecular complexity index is 1320. The highest BCUT2D eigenvalue weighted by molar-refractivity contribution is 5.84. The summed E-state index contributed by atoms with van der Waals surface area (Å²) in [5, 5.41) is 1.19. The van der Waals surface area contributed by atoms with Crippen molar-refractivity contribution in [2.24, 2.45) is 0 Å². The number of para-hydroxylation sites is 1. The maximum atomic E-state index is 12.8. The van der Waals surface area contributed by atoms with Gasteiger partial charge in [-0.15, -0.1) is 0 Å². The summed E-state index contributed by atoms with van der Waals surface area (Å²) >= 11 is 0. The van der Waals surface area contributed by atoms with Gasteiger partial charge in [0.2, 0.25) is 5.91 Å². The van der Waals surface area contributed by atoms with E-state index < -0.39 is 0 Å². The molecule has 3 heterocycles. The molecule has 1 aliphatic heterocycles. The summed E-state index contributed by atoms with van der Waals surface area (Å²) in [6.07, 6.45) is 2.66. The van der Waals surface area contributed by atoms with Crippen molar-refractivity contribution in [3.8, 4) is 11.3 Å². The number of fused-ring (bicyclic) bond motifs is 1. The lowest BCUT2D eigenvalue weighted by atomic mass is 10.0. The highest BCUT2D eigenvalue weighted by Crippen LogP contribution is 2.25. The van der Waals surface area contributed by atoms with Crippen molar-refractivity contribution in [2.75, 3.05) is 31.1 Å². The molecule has 1 saturated heterocycles. The number of hydrogen-bond donors (Lipinski definition) is 0. The maximum absolute atomic E-state index is 12.8. The van der Waals surface area contributed by atoms with Crippen molar-refractivity contribution in [3.63, 3.8) is 0 Å². The van der Waals surface area contributed by atoms with Crippen LogP contribution in [-0.2, 0) is 11.2 Å². The lowest BCUT2D eigenvalue weighted by Crippen LogP contribution is -2.49. The lowest BCUT2D eigenvalue weighted by molar-refractivity contribution is -0.131. The molecule has 1 amide bonds. The Morgan fingerprint density at radius 2 is 1.77 bits per heavy atom. The first-order valence-electron chi connectivity index (χ1n) is 12.4. The van der Waals surface area contributed by atoms with Gasteiger partial charge < -0.3 is 14.2 Å². The molecule has 0 radical (unpaired) electrons. The molecule has 0 bridgehead atoms. The van der Waals surface area contributed by atoms with Gasteiger partial charge in [-0.2, -0.15) is 0 Å². The summed E-state index contributed by atoms with van der Waals surface area (Å²) in [6, 6.07) is 18.8. The Hall–Kier alpha value is -3.67. The Morgan fingerprint density at radius 3 is 2.51 bits per heavy atom. The summed E-state index contributed by atoms with van der Waals surface area (Å²) in [5.41, 5.74) is 4.55. The Balaban J connectivity index is 1.15. The Kier molecular flexibility index (Phi) is 6.53. The minimum absolute atomic E-state index is 0.147. The third-order valence-corrected chi connectivity index (χ3v) is 6.83. The maximum Gasteiger partial charge on any atom is 0.223 e. The van der Waals surface area contributed by atoms with E-state index in [2.05, 4.69) is 73.1 Å². The van der Waals surface area contributed by atoms with Crippen LogP contribution in [-0.4, -0.2) is 47.0 Å². The molecule has 2 aromatic carbocycles. The summed E-state index contributed by atoms with van der Waals surface area (Å²) < 4.78 is 5.93. The second-order valence-electron chi connectivity index (χ2n) is 9.58. The van der Waals surface area contributed by atoms with Crippen molar-refractivity contribution in [2.45, 2.75) is 39.5 Å². The number of rotatable bonds is 6. The zero-order valence-electron chi connectivity index (χ0n) is 20.7. The second-order valence-corrected chi connectivity index (χ2v) is 9.58. The number of amides is 1. The number of pyridine rings is 1. The van der Waals surface area contributed by atoms with Crippen LogP contribution in [0.1, 0.15) is 43.2 Å². The fourth-order valence-electron chi connectivity index (χ4n) is 4.64. The van der Waals surface area contributed by atoms with Gasteiger partial charge in [0.05, 0.1) is 11.7 Å². The van der Waals surface area contributed by atoms with Gasteiger partial charge in [-0.3, -0.25) is 4.79 Å². The topological polar surface area (TPSA) is 62.5 Å². The molecule has 35 heavy (non-hydrogen) atoms. The lowest BCUT2D eigenvalue weighted by Gasteiger charge is -2.35. The molecular formula is C29H32N4O2. The molecular weight excluding hydrogens is 436 g/mol. The van der Waals surface area contributed by atoms with Crippen LogP contribution in [0.25, 0.3) is 22.2 Å². The van der Waals surface area contributed by atoms with E-state index in [4.69, 9.17) is 9.40 Å². The van der Waals surface area contributed by atoms with Crippen LogP contribution < -0.4 is 4.90 Å². The molecule has 0 saturated carbocycles. The zero-order chi connectivity index (χ0) is 24.4. The van der Waals surface area contributed by atoms with E-state index in [0.717, 1.165) is 35.7 Å². The molecule has 1 fully saturated rings. The highest BCUT2D eigenvalue weighted by atomic mass is 16.4. The van der Waals surface area contributed by atoms with Crippen LogP contribution in [0.15, 0.2) is 65.2 Å². The monoisotopic (exact) mass is 468 g/mol. The van der Waals surface area contributed by atoms with Gasteiger partial charge in [-0.25, -0.2) is 9.97 Å². The van der Waals surface area contributed by atoms with Crippen LogP contribution in [0.3, 0.4) is 0 Å². The van der Waals surface area contributed by atoms with Crippen molar-refractivity contribution in [3.05, 3.63) is 77.8 Å². The molecule has 4 aromatic rings. The SMILES string of the molecule is Cc1cc(N2CCN(C(=O)CCc3ncc(-c4ccc(C(C)C)cc4)o3)CC2)nc2ccccc12. The molecule has 0 spiro atoms. The zero-order valence-corrected chi connectivity index (χ0v) is 20.7. The van der Waals surface area contributed by atoms with Gasteiger partial charge in [-0.05, 0) is 36.1 Å². The first kappa shape index (κ1) is 23.1. The summed E-state index contributed by atoms with van der Waals surface area (Å²) in [5.74, 6) is 2.98. The summed E-state index contributed by atoms with van der Waals surface area (Å²) in [4.78, 5) is 26.3. The van der Waals surface area contributed by atoms with Crippen molar-refractivity contribution in [1.82, 2.24) is 14.9 Å². The van der Waals surface area contributed by atoms with Gasteiger partial charge in [0.25, 0.3) is 0 Å². The van der Waals surface area contributed by atoms with E-state index >= 15 is 0 Å². The molecule has 2 aromatic heterocycles. The Labute approximate surface area is 206 Å². The predicted octanol–water partition coefficient (Wildman–Crippen LogP) is 5.60. The van der Waals surface area contributed by atoms with Crippen molar-refractivity contribution >= 4 is 22.6 Å². The first-order chi connectivity index (χ1) is 17.0. The van der Waals surface area contributed by atoms with Crippen LogP contribution in [0.2, 0.25) is 0 Å². The number of carbonyl (C=O) groups excluding carboxylic acids is 1. The molecule has 0 atom stereocenters. The van der Waals surface area contributed by atoms with E-state index in [1.54, 1.807) is 6.20 Å². The minimum atomic E-state index is 0.147. The third kappa shape index (κ3) is 5.06. The van der Waals surface area contributed by atoms with Gasteiger partial charge in [0.1, 0.15) is 5.82 Å². The number of piperazine rings is 1. The van der Waals surface area contributed by atoms with Gasteiger partial charge in [-0.1, -0.05) is 56.3 Å². The second kappa shape index (κ2) is 9.90. The van der Waals surface area contributed by atoms with Crippen LogP contribution >= 0.6 is 0 Å². The molecule has 180 valence electrons. The summed E-state index contributed by atoms with van der Waals surface area (Å²) in [6.45, 7) is 9.45. The van der Waals surface area contributed by atoms with Crippen molar-refractivity contribution < 1.29 is 9.21 Å². The molecule has 6 nitrogen and oxygen atoms in total. The van der Waals surface area contributed by atoms with Crippen LogP contribution in [0, 0.1) is 6.92 Å². The number of benzene rings is 2. The molecule has 0 N–H and O–H groups in total. The van der Waals surface area contributed by atoms with Gasteiger partial charge >= 0.3 is 0 Å². The van der Waals surface area contributed by atoms with E-state index in [9.17, 15) is 4.79 Å². The normalized spacial score (nSPS) is 14.2. The standard InChI is InChI=1S/C29H32N4O2/c1-20(2)22-8-10-23(11-9-22)26-19-30-28(35-26)12-13-29(34)33-16-14-32(15-17-33)27-18-21(3)24-6-4-5-7-25(24)31-27/h4-11,18-20H,12-17H2,1-3H3. The van der Waals surface area contributed by atoms with Crippen molar-refractivity contribution in [1.29, 1.82) is 0 Å². The Morgan fingerprint density at radius 1 is 1.03 bits per heavy atom. The van der Waals surface area contributed by atoms with E-state index in [-0.39, 0.29) is 5.91 Å². The fraction of sp³-hybridized carbons (Fsp3) is 0.345. The highest BCUT2D eigenvalue weighted by Gasteiger charge is 2.23. The average Bonchev–Trinajstić information content (AvgIpc) is 3.36. The average molecular weight is 469 g/mol. The number of aryl methyl sites for hydroxylation is 2. The van der Waals surface area contributed by atoms with Gasteiger partial charge in [0.15, 0.2) is 11.7 Å². The minimum Gasteiger partial charge on any atom is -0.441 e. The third-order valence-electron chi connectivity index (χ3n) is 6.83.